The van der Waals surface area contributed by atoms with Crippen LogP contribution in [-0.4, -0.2) is 29.6 Å². The molecule has 21 heavy (non-hydrogen) atoms. The molecular weight excluding hydrogens is 306 g/mol. The predicted octanol–water partition coefficient (Wildman–Crippen LogP) is 4.03. The summed E-state index contributed by atoms with van der Waals surface area (Å²) in [4.78, 5) is 14.4. The van der Waals surface area contributed by atoms with Crippen LogP contribution in [0.2, 0.25) is 5.02 Å². The molecular formula is C16H16ClNO2S. The molecule has 3 nitrogen and oxygen atoms in total. The van der Waals surface area contributed by atoms with Crippen LogP contribution < -0.4 is 0 Å². The number of aliphatic carboxylic acids is 1. The lowest BCUT2D eigenvalue weighted by molar-refractivity contribution is -0.132. The molecule has 0 saturated carbocycles. The van der Waals surface area contributed by atoms with Crippen LogP contribution in [-0.2, 0) is 17.8 Å². The Kier molecular flexibility index (Phi) is 3.78. The zero-order valence-corrected chi connectivity index (χ0v) is 13.5. The van der Waals surface area contributed by atoms with Gasteiger partial charge in [-0.3, -0.25) is 0 Å². The molecule has 0 spiro atoms. The molecule has 2 aromatic rings. The SMILES string of the molecule is CC(=Cc1sc2ccc(Cl)c3c2c1CN(C)CC3)C(=O)O. The van der Waals surface area contributed by atoms with Crippen LogP contribution >= 0.6 is 22.9 Å². The molecule has 3 rings (SSSR count). The number of rotatable bonds is 2. The summed E-state index contributed by atoms with van der Waals surface area (Å²) in [6.07, 6.45) is 2.71. The standard InChI is InChI=1S/C16H16ClNO2S/c1-9(16(19)20)7-14-11-8-18(2)6-5-10-12(17)3-4-13(21-14)15(10)11/h3-4,7H,5-6,8H2,1-2H3,(H,19,20). The van der Waals surface area contributed by atoms with Crippen LogP contribution in [0.1, 0.15) is 22.9 Å². The van der Waals surface area contributed by atoms with Crippen molar-refractivity contribution in [1.29, 1.82) is 0 Å². The Bertz CT molecular complexity index is 763. The van der Waals surface area contributed by atoms with Crippen molar-refractivity contribution in [3.63, 3.8) is 0 Å². The van der Waals surface area contributed by atoms with Gasteiger partial charge in [-0.25, -0.2) is 4.79 Å². The van der Waals surface area contributed by atoms with Crippen molar-refractivity contribution in [3.05, 3.63) is 38.7 Å². The van der Waals surface area contributed by atoms with Gasteiger partial charge in [-0.05, 0) is 49.7 Å². The van der Waals surface area contributed by atoms with E-state index in [4.69, 9.17) is 16.7 Å². The maximum atomic E-state index is 11.1. The molecule has 1 aromatic carbocycles. The summed E-state index contributed by atoms with van der Waals surface area (Å²) in [6, 6.07) is 3.98. The molecule has 1 aromatic heterocycles. The molecule has 5 heteroatoms. The Morgan fingerprint density at radius 3 is 2.90 bits per heavy atom. The van der Waals surface area contributed by atoms with Gasteiger partial charge in [0.15, 0.2) is 0 Å². The van der Waals surface area contributed by atoms with E-state index in [2.05, 4.69) is 11.9 Å². The Labute approximate surface area is 132 Å². The number of thiophene rings is 1. The van der Waals surface area contributed by atoms with Gasteiger partial charge in [-0.1, -0.05) is 11.6 Å². The summed E-state index contributed by atoms with van der Waals surface area (Å²) in [5.41, 5.74) is 2.75. The Hall–Kier alpha value is -1.36. The van der Waals surface area contributed by atoms with E-state index >= 15 is 0 Å². The highest BCUT2D eigenvalue weighted by Gasteiger charge is 2.21. The van der Waals surface area contributed by atoms with Crippen LogP contribution in [0.5, 0.6) is 0 Å². The minimum absolute atomic E-state index is 0.359. The highest BCUT2D eigenvalue weighted by molar-refractivity contribution is 7.20. The van der Waals surface area contributed by atoms with Crippen molar-refractivity contribution < 1.29 is 9.90 Å². The molecule has 0 aliphatic carbocycles. The molecule has 110 valence electrons. The van der Waals surface area contributed by atoms with E-state index in [0.29, 0.717) is 5.57 Å². The number of halogens is 1. The molecule has 1 aliphatic rings. The topological polar surface area (TPSA) is 40.5 Å². The van der Waals surface area contributed by atoms with Crippen LogP contribution in [0.3, 0.4) is 0 Å². The van der Waals surface area contributed by atoms with Crippen molar-refractivity contribution in [2.24, 2.45) is 0 Å². The van der Waals surface area contributed by atoms with E-state index in [1.807, 2.05) is 12.1 Å². The summed E-state index contributed by atoms with van der Waals surface area (Å²) in [5, 5.41) is 11.1. The van der Waals surface area contributed by atoms with Crippen molar-refractivity contribution in [2.75, 3.05) is 13.6 Å². The van der Waals surface area contributed by atoms with Gasteiger partial charge in [0, 0.05) is 38.6 Å². The zero-order valence-electron chi connectivity index (χ0n) is 11.9. The minimum atomic E-state index is -0.875. The molecule has 0 radical (unpaired) electrons. The van der Waals surface area contributed by atoms with Crippen molar-refractivity contribution in [1.82, 2.24) is 4.90 Å². The molecule has 0 saturated heterocycles. The third kappa shape index (κ3) is 2.59. The van der Waals surface area contributed by atoms with E-state index in [-0.39, 0.29) is 0 Å². The largest absolute Gasteiger partial charge is 0.478 e. The van der Waals surface area contributed by atoms with Crippen LogP contribution in [0.25, 0.3) is 16.2 Å². The van der Waals surface area contributed by atoms with Crippen LogP contribution in [0, 0.1) is 0 Å². The van der Waals surface area contributed by atoms with Gasteiger partial charge in [-0.15, -0.1) is 11.3 Å². The smallest absolute Gasteiger partial charge is 0.331 e. The van der Waals surface area contributed by atoms with E-state index < -0.39 is 5.97 Å². The number of nitrogens with zero attached hydrogens (tertiary/aromatic N) is 1. The van der Waals surface area contributed by atoms with Crippen molar-refractivity contribution in [3.8, 4) is 0 Å². The number of carbonyl (C=O) groups is 1. The van der Waals surface area contributed by atoms with Gasteiger partial charge in [0.05, 0.1) is 0 Å². The van der Waals surface area contributed by atoms with E-state index in [1.165, 1.54) is 21.2 Å². The highest BCUT2D eigenvalue weighted by Crippen LogP contribution is 2.40. The second kappa shape index (κ2) is 5.44. The van der Waals surface area contributed by atoms with Gasteiger partial charge in [0.2, 0.25) is 0 Å². The molecule has 0 amide bonds. The third-order valence-electron chi connectivity index (χ3n) is 3.89. The molecule has 0 unspecified atom stereocenters. The van der Waals surface area contributed by atoms with Gasteiger partial charge < -0.3 is 10.0 Å². The maximum absolute atomic E-state index is 11.1. The van der Waals surface area contributed by atoms with Gasteiger partial charge in [-0.2, -0.15) is 0 Å². The van der Waals surface area contributed by atoms with Crippen LogP contribution in [0.15, 0.2) is 17.7 Å². The second-order valence-corrected chi connectivity index (χ2v) is 6.96. The zero-order chi connectivity index (χ0) is 15.1. The molecule has 1 N–H and O–H groups in total. The fourth-order valence-corrected chi connectivity index (χ4v) is 4.25. The summed E-state index contributed by atoms with van der Waals surface area (Å²) in [6.45, 7) is 3.42. The predicted molar refractivity (Wildman–Crippen MR) is 88.2 cm³/mol. The lowest BCUT2D eigenvalue weighted by Gasteiger charge is -2.13. The molecule has 0 fully saturated rings. The molecule has 0 atom stereocenters. The first kappa shape index (κ1) is 14.6. The minimum Gasteiger partial charge on any atom is -0.478 e. The second-order valence-electron chi connectivity index (χ2n) is 5.46. The quantitative estimate of drug-likeness (QED) is 0.849. The molecule has 1 aliphatic heterocycles. The van der Waals surface area contributed by atoms with Crippen molar-refractivity contribution in [2.45, 2.75) is 19.9 Å². The lowest BCUT2D eigenvalue weighted by atomic mass is 10.0. The van der Waals surface area contributed by atoms with E-state index in [1.54, 1.807) is 24.3 Å². The first-order chi connectivity index (χ1) is 9.97. The number of carboxylic acids is 1. The van der Waals surface area contributed by atoms with Gasteiger partial charge >= 0.3 is 5.97 Å². The highest BCUT2D eigenvalue weighted by atomic mass is 35.5. The number of benzene rings is 1. The third-order valence-corrected chi connectivity index (χ3v) is 5.39. The average Bonchev–Trinajstić information content (AvgIpc) is 2.64. The monoisotopic (exact) mass is 321 g/mol. The summed E-state index contributed by atoms with van der Waals surface area (Å²) in [7, 11) is 2.08. The summed E-state index contributed by atoms with van der Waals surface area (Å²) < 4.78 is 1.18. The van der Waals surface area contributed by atoms with E-state index in [0.717, 1.165) is 29.4 Å². The normalized spacial score (nSPS) is 16.2. The fourth-order valence-electron chi connectivity index (χ4n) is 2.75. The number of hydrogen-bond donors (Lipinski definition) is 1. The van der Waals surface area contributed by atoms with Crippen molar-refractivity contribution >= 4 is 45.1 Å². The van der Waals surface area contributed by atoms with Gasteiger partial charge in [0.1, 0.15) is 0 Å². The number of likely N-dealkylation sites (N-methyl/N-ethyl adjacent to an activating group) is 1. The molecule has 0 bridgehead atoms. The van der Waals surface area contributed by atoms with Gasteiger partial charge in [0.25, 0.3) is 0 Å². The Morgan fingerprint density at radius 2 is 2.19 bits per heavy atom. The lowest BCUT2D eigenvalue weighted by Crippen LogP contribution is -2.18. The van der Waals surface area contributed by atoms with E-state index in [9.17, 15) is 4.79 Å². The fraction of sp³-hybridized carbons (Fsp3) is 0.312. The Balaban J connectivity index is 2.28. The summed E-state index contributed by atoms with van der Waals surface area (Å²) in [5.74, 6) is -0.875. The summed E-state index contributed by atoms with van der Waals surface area (Å²) >= 11 is 8.01. The molecule has 2 heterocycles. The Morgan fingerprint density at radius 1 is 1.43 bits per heavy atom. The average molecular weight is 322 g/mol. The first-order valence-electron chi connectivity index (χ1n) is 6.80. The first-order valence-corrected chi connectivity index (χ1v) is 7.99. The number of carboxylic acid groups (broad SMARTS) is 1. The maximum Gasteiger partial charge on any atom is 0.331 e. The van der Waals surface area contributed by atoms with Crippen LogP contribution in [0.4, 0.5) is 0 Å². The number of hydrogen-bond acceptors (Lipinski definition) is 3.